The molecule has 1 aromatic carbocycles. The number of pyridine rings is 1. The lowest BCUT2D eigenvalue weighted by molar-refractivity contribution is -0.134. The van der Waals surface area contributed by atoms with Crippen molar-refractivity contribution in [2.24, 2.45) is 0 Å². The summed E-state index contributed by atoms with van der Waals surface area (Å²) in [5, 5.41) is 9.86. The monoisotopic (exact) mass is 268 g/mol. The second-order valence-corrected chi connectivity index (χ2v) is 4.35. The van der Waals surface area contributed by atoms with E-state index < -0.39 is 12.1 Å². The number of carboxylic acid groups (broad SMARTS) is 1. The predicted molar refractivity (Wildman–Crippen MR) is 74.5 cm³/mol. The molecule has 5 nitrogen and oxygen atoms in total. The number of nitrogens with zero attached hydrogens (tertiary/aromatic N) is 1. The highest BCUT2D eigenvalue weighted by molar-refractivity contribution is 5.88. The van der Waals surface area contributed by atoms with E-state index in [2.05, 4.69) is 10.5 Å². The van der Waals surface area contributed by atoms with Gasteiger partial charge in [-0.15, -0.1) is 0 Å². The normalized spacial score (nSPS) is 18.2. The lowest BCUT2D eigenvalue weighted by Crippen LogP contribution is -2.15. The number of nitrogens with one attached hydrogen (secondary N) is 1. The van der Waals surface area contributed by atoms with Crippen LogP contribution in [-0.4, -0.2) is 22.2 Å². The molecule has 1 unspecified atom stereocenters. The molecule has 5 heteroatoms. The lowest BCUT2D eigenvalue weighted by atomic mass is 10.1. The number of hydrogen-bond donors (Lipinski definition) is 2. The summed E-state index contributed by atoms with van der Waals surface area (Å²) in [6.45, 7) is 0. The van der Waals surface area contributed by atoms with Crippen LogP contribution in [0.4, 0.5) is 0 Å². The van der Waals surface area contributed by atoms with Gasteiger partial charge in [0.15, 0.2) is 0 Å². The smallest absolute Gasteiger partial charge is 0.354 e. The first kappa shape index (κ1) is 12.4. The zero-order valence-electron chi connectivity index (χ0n) is 10.5. The second-order valence-electron chi connectivity index (χ2n) is 4.35. The number of carboxylic acids is 1. The summed E-state index contributed by atoms with van der Waals surface area (Å²) in [6, 6.07) is 9.74. The average Bonchev–Trinajstić information content (AvgIpc) is 2.94. The Balaban J connectivity index is 1.87. The predicted octanol–water partition coefficient (Wildman–Crippen LogP) is 2.12. The standard InChI is InChI=1S/C15H12N2O3/c18-15(19)14-9-11(20-17-14)6-5-10-7-8-16-13-4-2-1-3-12(10)13/h1-9,11,17H,(H,18,19)/b6-5+. The summed E-state index contributed by atoms with van der Waals surface area (Å²) in [5.74, 6) is -1.03. The van der Waals surface area contributed by atoms with E-state index in [-0.39, 0.29) is 5.70 Å². The topological polar surface area (TPSA) is 71.5 Å². The second kappa shape index (κ2) is 5.14. The average molecular weight is 268 g/mol. The van der Waals surface area contributed by atoms with Gasteiger partial charge in [0.25, 0.3) is 0 Å². The molecule has 0 saturated carbocycles. The molecule has 0 saturated heterocycles. The van der Waals surface area contributed by atoms with E-state index in [9.17, 15) is 4.79 Å². The van der Waals surface area contributed by atoms with Gasteiger partial charge < -0.3 is 5.11 Å². The number of fused-ring (bicyclic) bond motifs is 1. The number of benzene rings is 1. The van der Waals surface area contributed by atoms with Gasteiger partial charge in [-0.25, -0.2) is 4.79 Å². The van der Waals surface area contributed by atoms with E-state index in [0.717, 1.165) is 16.5 Å². The Morgan fingerprint density at radius 2 is 2.20 bits per heavy atom. The maximum absolute atomic E-state index is 10.8. The fraction of sp³-hybridized carbons (Fsp3) is 0.0667. The Labute approximate surface area is 115 Å². The summed E-state index contributed by atoms with van der Waals surface area (Å²) >= 11 is 0. The molecule has 1 aliphatic heterocycles. The SMILES string of the molecule is O=C(O)C1=CC(/C=C/c2ccnc3ccccc23)ON1. The highest BCUT2D eigenvalue weighted by Gasteiger charge is 2.18. The molecule has 2 aromatic rings. The summed E-state index contributed by atoms with van der Waals surface area (Å²) in [5.41, 5.74) is 4.36. The Morgan fingerprint density at radius 3 is 3.00 bits per heavy atom. The molecule has 0 fully saturated rings. The molecular formula is C15H12N2O3. The highest BCUT2D eigenvalue weighted by atomic mass is 16.7. The van der Waals surface area contributed by atoms with Crippen LogP contribution in [0.3, 0.4) is 0 Å². The Kier molecular flexibility index (Phi) is 3.18. The van der Waals surface area contributed by atoms with E-state index in [1.165, 1.54) is 6.08 Å². The van der Waals surface area contributed by atoms with Crippen LogP contribution in [0.25, 0.3) is 17.0 Å². The third-order valence-electron chi connectivity index (χ3n) is 3.01. The molecule has 0 bridgehead atoms. The van der Waals surface area contributed by atoms with Crippen LogP contribution in [0.1, 0.15) is 5.56 Å². The Hall–Kier alpha value is -2.66. The molecular weight excluding hydrogens is 256 g/mol. The van der Waals surface area contributed by atoms with Crippen LogP contribution in [0, 0.1) is 0 Å². The van der Waals surface area contributed by atoms with Gasteiger partial charge in [-0.2, -0.15) is 0 Å². The van der Waals surface area contributed by atoms with Crippen molar-refractivity contribution in [3.8, 4) is 0 Å². The zero-order valence-corrected chi connectivity index (χ0v) is 10.5. The van der Waals surface area contributed by atoms with Crippen molar-refractivity contribution in [1.82, 2.24) is 10.5 Å². The number of aliphatic carboxylic acids is 1. The van der Waals surface area contributed by atoms with Crippen molar-refractivity contribution in [2.45, 2.75) is 6.10 Å². The molecule has 1 aliphatic rings. The van der Waals surface area contributed by atoms with E-state index in [0.29, 0.717) is 0 Å². The highest BCUT2D eigenvalue weighted by Crippen LogP contribution is 2.18. The van der Waals surface area contributed by atoms with Crippen molar-refractivity contribution < 1.29 is 14.7 Å². The molecule has 0 aliphatic carbocycles. The van der Waals surface area contributed by atoms with Crippen LogP contribution in [-0.2, 0) is 9.63 Å². The molecule has 100 valence electrons. The van der Waals surface area contributed by atoms with Crippen molar-refractivity contribution in [1.29, 1.82) is 0 Å². The van der Waals surface area contributed by atoms with Crippen molar-refractivity contribution >= 4 is 22.9 Å². The molecule has 0 amide bonds. The molecule has 1 atom stereocenters. The minimum Gasteiger partial charge on any atom is -0.477 e. The van der Waals surface area contributed by atoms with Crippen molar-refractivity contribution in [2.75, 3.05) is 0 Å². The van der Waals surface area contributed by atoms with E-state index in [4.69, 9.17) is 9.94 Å². The van der Waals surface area contributed by atoms with Crippen molar-refractivity contribution in [3.63, 3.8) is 0 Å². The fourth-order valence-electron chi connectivity index (χ4n) is 2.04. The van der Waals surface area contributed by atoms with Gasteiger partial charge in [-0.1, -0.05) is 24.3 Å². The van der Waals surface area contributed by atoms with Gasteiger partial charge in [0.1, 0.15) is 11.8 Å². The summed E-state index contributed by atoms with van der Waals surface area (Å²) < 4.78 is 0. The van der Waals surface area contributed by atoms with E-state index in [1.54, 1.807) is 12.3 Å². The lowest BCUT2D eigenvalue weighted by Gasteiger charge is -2.03. The summed E-state index contributed by atoms with van der Waals surface area (Å²) in [7, 11) is 0. The van der Waals surface area contributed by atoms with Gasteiger partial charge >= 0.3 is 5.97 Å². The number of carbonyl (C=O) groups is 1. The first-order chi connectivity index (χ1) is 9.74. The van der Waals surface area contributed by atoms with Crippen LogP contribution in [0.2, 0.25) is 0 Å². The Bertz CT molecular complexity index is 717. The zero-order chi connectivity index (χ0) is 13.9. The maximum atomic E-state index is 10.8. The molecule has 1 aromatic heterocycles. The number of para-hydroxylation sites is 1. The van der Waals surface area contributed by atoms with E-state index >= 15 is 0 Å². The van der Waals surface area contributed by atoms with Crippen LogP contribution < -0.4 is 5.48 Å². The minimum absolute atomic E-state index is 0.0548. The molecule has 3 rings (SSSR count). The van der Waals surface area contributed by atoms with Crippen molar-refractivity contribution in [3.05, 3.63) is 59.9 Å². The van der Waals surface area contributed by atoms with Gasteiger partial charge in [0.2, 0.25) is 0 Å². The fourth-order valence-corrected chi connectivity index (χ4v) is 2.04. The van der Waals surface area contributed by atoms with Crippen LogP contribution in [0.5, 0.6) is 0 Å². The number of hydroxylamine groups is 1. The first-order valence-corrected chi connectivity index (χ1v) is 6.13. The van der Waals surface area contributed by atoms with Crippen LogP contribution in [0.15, 0.2) is 54.4 Å². The number of aromatic nitrogens is 1. The van der Waals surface area contributed by atoms with Gasteiger partial charge in [0, 0.05) is 11.6 Å². The molecule has 0 radical (unpaired) electrons. The summed E-state index contributed by atoms with van der Waals surface area (Å²) in [6.07, 6.45) is 6.56. The maximum Gasteiger partial charge on any atom is 0.354 e. The third kappa shape index (κ3) is 2.39. The van der Waals surface area contributed by atoms with Gasteiger partial charge in [-0.3, -0.25) is 15.3 Å². The minimum atomic E-state index is -1.03. The number of hydrogen-bond acceptors (Lipinski definition) is 4. The van der Waals surface area contributed by atoms with Gasteiger partial charge in [-0.05, 0) is 29.8 Å². The molecule has 2 N–H and O–H groups in total. The van der Waals surface area contributed by atoms with Crippen LogP contribution >= 0.6 is 0 Å². The largest absolute Gasteiger partial charge is 0.477 e. The third-order valence-corrected chi connectivity index (χ3v) is 3.01. The summed E-state index contributed by atoms with van der Waals surface area (Å²) in [4.78, 5) is 20.2. The molecule has 2 heterocycles. The quantitative estimate of drug-likeness (QED) is 0.892. The molecule has 20 heavy (non-hydrogen) atoms. The van der Waals surface area contributed by atoms with Gasteiger partial charge in [0.05, 0.1) is 5.52 Å². The Morgan fingerprint density at radius 1 is 1.35 bits per heavy atom. The molecule has 0 spiro atoms. The number of rotatable bonds is 3. The first-order valence-electron chi connectivity index (χ1n) is 6.13. The van der Waals surface area contributed by atoms with E-state index in [1.807, 2.05) is 36.4 Å².